The van der Waals surface area contributed by atoms with Gasteiger partial charge in [-0.25, -0.2) is 4.39 Å². The Labute approximate surface area is 106 Å². The lowest BCUT2D eigenvalue weighted by atomic mass is 10.3. The van der Waals surface area contributed by atoms with Crippen molar-refractivity contribution in [2.75, 3.05) is 32.8 Å². The van der Waals surface area contributed by atoms with E-state index >= 15 is 0 Å². The molecule has 0 saturated carbocycles. The van der Waals surface area contributed by atoms with Gasteiger partial charge in [0.25, 0.3) is 5.91 Å². The fourth-order valence-corrected chi connectivity index (χ4v) is 1.89. The normalized spacial score (nSPS) is 16.2. The van der Waals surface area contributed by atoms with Gasteiger partial charge in [0.05, 0.1) is 0 Å². The lowest BCUT2D eigenvalue weighted by Gasteiger charge is -2.19. The van der Waals surface area contributed by atoms with E-state index in [2.05, 4.69) is 5.32 Å². The molecule has 1 fully saturated rings. The summed E-state index contributed by atoms with van der Waals surface area (Å²) in [5.74, 6) is -0.0295. The number of halogens is 1. The molecule has 2 rings (SSSR count). The van der Waals surface area contributed by atoms with E-state index in [9.17, 15) is 9.18 Å². The minimum Gasteiger partial charge on any atom is -0.484 e. The first-order valence-corrected chi connectivity index (χ1v) is 6.12. The molecule has 0 spiro atoms. The molecule has 5 heteroatoms. The summed E-state index contributed by atoms with van der Waals surface area (Å²) < 4.78 is 18.2. The minimum absolute atomic E-state index is 0.0382. The first-order valence-electron chi connectivity index (χ1n) is 6.12. The summed E-state index contributed by atoms with van der Waals surface area (Å²) in [7, 11) is 0. The molecule has 0 aromatic heterocycles. The fraction of sp³-hybridized carbons (Fsp3) is 0.462. The number of hydrogen-bond donors (Lipinski definition) is 1. The van der Waals surface area contributed by atoms with Crippen LogP contribution in [0.5, 0.6) is 5.75 Å². The largest absolute Gasteiger partial charge is 0.484 e. The Morgan fingerprint density at radius 2 is 2.28 bits per heavy atom. The molecular weight excluding hydrogens is 235 g/mol. The van der Waals surface area contributed by atoms with Crippen LogP contribution in [-0.2, 0) is 4.79 Å². The van der Waals surface area contributed by atoms with Crippen LogP contribution >= 0.6 is 0 Å². The average Bonchev–Trinajstić information content (AvgIpc) is 2.65. The third kappa shape index (κ3) is 3.70. The molecule has 98 valence electrons. The van der Waals surface area contributed by atoms with Crippen molar-refractivity contribution >= 4 is 5.91 Å². The molecule has 1 aliphatic rings. The Hall–Kier alpha value is -1.62. The molecule has 1 N–H and O–H groups in total. The zero-order valence-corrected chi connectivity index (χ0v) is 10.2. The smallest absolute Gasteiger partial charge is 0.260 e. The van der Waals surface area contributed by atoms with E-state index in [0.717, 1.165) is 26.1 Å². The molecule has 0 atom stereocenters. The van der Waals surface area contributed by atoms with E-state index in [1.807, 2.05) is 0 Å². The highest BCUT2D eigenvalue weighted by atomic mass is 19.1. The highest BCUT2D eigenvalue weighted by Crippen LogP contribution is 2.12. The van der Waals surface area contributed by atoms with Gasteiger partial charge in [-0.1, -0.05) is 6.07 Å². The van der Waals surface area contributed by atoms with Crippen LogP contribution in [-0.4, -0.2) is 43.6 Å². The molecule has 1 aromatic rings. The number of ether oxygens (including phenoxy) is 1. The van der Waals surface area contributed by atoms with Gasteiger partial charge in [-0.05, 0) is 25.1 Å². The standard InChI is InChI=1S/C13H17FN2O2/c14-11-3-1-4-12(9-11)18-10-13(17)16-7-2-5-15-6-8-16/h1,3-4,9,15H,2,5-8,10H2. The Morgan fingerprint density at radius 1 is 1.39 bits per heavy atom. The summed E-state index contributed by atoms with van der Waals surface area (Å²) in [6.45, 7) is 3.16. The number of benzene rings is 1. The summed E-state index contributed by atoms with van der Waals surface area (Å²) in [5.41, 5.74) is 0. The maximum absolute atomic E-state index is 12.9. The zero-order chi connectivity index (χ0) is 12.8. The van der Waals surface area contributed by atoms with Gasteiger partial charge in [0.2, 0.25) is 0 Å². The van der Waals surface area contributed by atoms with E-state index in [1.54, 1.807) is 17.0 Å². The maximum Gasteiger partial charge on any atom is 0.260 e. The van der Waals surface area contributed by atoms with Gasteiger partial charge in [-0.3, -0.25) is 4.79 Å². The second-order valence-electron chi connectivity index (χ2n) is 4.23. The molecule has 4 nitrogen and oxygen atoms in total. The molecule has 0 aliphatic carbocycles. The third-order valence-electron chi connectivity index (χ3n) is 2.85. The van der Waals surface area contributed by atoms with Crippen molar-refractivity contribution in [3.63, 3.8) is 0 Å². The zero-order valence-electron chi connectivity index (χ0n) is 10.2. The number of hydrogen-bond acceptors (Lipinski definition) is 3. The second kappa shape index (κ2) is 6.35. The predicted molar refractivity (Wildman–Crippen MR) is 66.0 cm³/mol. The lowest BCUT2D eigenvalue weighted by molar-refractivity contribution is -0.133. The van der Waals surface area contributed by atoms with Crippen molar-refractivity contribution in [2.24, 2.45) is 0 Å². The van der Waals surface area contributed by atoms with Crippen molar-refractivity contribution in [1.82, 2.24) is 10.2 Å². The van der Waals surface area contributed by atoms with Gasteiger partial charge in [-0.2, -0.15) is 0 Å². The van der Waals surface area contributed by atoms with Gasteiger partial charge in [0, 0.05) is 25.7 Å². The first kappa shape index (κ1) is 12.8. The first-order chi connectivity index (χ1) is 8.75. The van der Waals surface area contributed by atoms with Crippen LogP contribution in [0.4, 0.5) is 4.39 Å². The second-order valence-corrected chi connectivity index (χ2v) is 4.23. The number of carbonyl (C=O) groups excluding carboxylic acids is 1. The lowest BCUT2D eigenvalue weighted by Crippen LogP contribution is -2.37. The van der Waals surface area contributed by atoms with Crippen LogP contribution in [0.15, 0.2) is 24.3 Å². The summed E-state index contributed by atoms with van der Waals surface area (Å²) in [6, 6.07) is 5.82. The van der Waals surface area contributed by atoms with Crippen LogP contribution in [0.25, 0.3) is 0 Å². The van der Waals surface area contributed by atoms with Gasteiger partial charge in [-0.15, -0.1) is 0 Å². The fourth-order valence-electron chi connectivity index (χ4n) is 1.89. The Kier molecular flexibility index (Phi) is 4.52. The summed E-state index contributed by atoms with van der Waals surface area (Å²) in [5, 5.41) is 3.23. The van der Waals surface area contributed by atoms with Crippen LogP contribution in [0, 0.1) is 5.82 Å². The topological polar surface area (TPSA) is 41.6 Å². The Bertz CT molecular complexity index is 404. The summed E-state index contributed by atoms with van der Waals surface area (Å²) >= 11 is 0. The maximum atomic E-state index is 12.9. The van der Waals surface area contributed by atoms with Crippen molar-refractivity contribution in [2.45, 2.75) is 6.42 Å². The van der Waals surface area contributed by atoms with Crippen LogP contribution in [0.2, 0.25) is 0 Å². The Morgan fingerprint density at radius 3 is 3.11 bits per heavy atom. The monoisotopic (exact) mass is 252 g/mol. The van der Waals surface area contributed by atoms with Gasteiger partial charge in [0.15, 0.2) is 6.61 Å². The molecule has 0 bridgehead atoms. The number of rotatable bonds is 3. The molecule has 1 aliphatic heterocycles. The van der Waals surface area contributed by atoms with Crippen molar-refractivity contribution in [1.29, 1.82) is 0 Å². The molecule has 1 aromatic carbocycles. The number of amides is 1. The molecule has 1 amide bonds. The molecule has 18 heavy (non-hydrogen) atoms. The summed E-state index contributed by atoms with van der Waals surface area (Å²) in [6.07, 6.45) is 0.950. The molecule has 1 saturated heterocycles. The van der Waals surface area contributed by atoms with E-state index in [1.165, 1.54) is 12.1 Å². The molecule has 0 radical (unpaired) electrons. The van der Waals surface area contributed by atoms with Crippen LogP contribution in [0.1, 0.15) is 6.42 Å². The number of carbonyl (C=O) groups is 1. The molecular formula is C13H17FN2O2. The number of nitrogens with one attached hydrogen (secondary N) is 1. The SMILES string of the molecule is O=C(COc1cccc(F)c1)N1CCCNCC1. The van der Waals surface area contributed by atoms with Crippen LogP contribution in [0.3, 0.4) is 0 Å². The molecule has 0 unspecified atom stereocenters. The Balaban J connectivity index is 1.83. The summed E-state index contributed by atoms with van der Waals surface area (Å²) in [4.78, 5) is 13.7. The average molecular weight is 252 g/mol. The quantitative estimate of drug-likeness (QED) is 0.873. The predicted octanol–water partition coefficient (Wildman–Crippen LogP) is 1.03. The van der Waals surface area contributed by atoms with Crippen molar-refractivity contribution < 1.29 is 13.9 Å². The number of nitrogens with zero attached hydrogens (tertiary/aromatic N) is 1. The highest BCUT2D eigenvalue weighted by Gasteiger charge is 2.15. The van der Waals surface area contributed by atoms with E-state index in [4.69, 9.17) is 4.74 Å². The van der Waals surface area contributed by atoms with E-state index in [0.29, 0.717) is 12.3 Å². The van der Waals surface area contributed by atoms with E-state index in [-0.39, 0.29) is 18.3 Å². The van der Waals surface area contributed by atoms with E-state index < -0.39 is 0 Å². The van der Waals surface area contributed by atoms with Crippen LogP contribution < -0.4 is 10.1 Å². The minimum atomic E-state index is -0.362. The van der Waals surface area contributed by atoms with Crippen molar-refractivity contribution in [3.05, 3.63) is 30.1 Å². The third-order valence-corrected chi connectivity index (χ3v) is 2.85. The van der Waals surface area contributed by atoms with Gasteiger partial charge in [0.1, 0.15) is 11.6 Å². The van der Waals surface area contributed by atoms with Gasteiger partial charge >= 0.3 is 0 Å². The van der Waals surface area contributed by atoms with Crippen molar-refractivity contribution in [3.8, 4) is 5.75 Å². The van der Waals surface area contributed by atoms with Gasteiger partial charge < -0.3 is 15.0 Å². The highest BCUT2D eigenvalue weighted by molar-refractivity contribution is 5.77. The molecule has 1 heterocycles.